The maximum atomic E-state index is 13.9. The quantitative estimate of drug-likeness (QED) is 0.932. The number of nitriles is 1. The van der Waals surface area contributed by atoms with Gasteiger partial charge in [-0.15, -0.1) is 0 Å². The van der Waals surface area contributed by atoms with E-state index in [1.54, 1.807) is 18.2 Å². The molecule has 0 saturated heterocycles. The van der Waals surface area contributed by atoms with E-state index in [1.165, 1.54) is 6.07 Å². The highest BCUT2D eigenvalue weighted by Crippen LogP contribution is 2.33. The Labute approximate surface area is 131 Å². The summed E-state index contributed by atoms with van der Waals surface area (Å²) >= 11 is 1.08. The number of benzene rings is 1. The van der Waals surface area contributed by atoms with E-state index < -0.39 is 5.82 Å². The van der Waals surface area contributed by atoms with Gasteiger partial charge in [0.05, 0.1) is 0 Å². The number of hydrogen-bond donors (Lipinski definition) is 1. The van der Waals surface area contributed by atoms with Crippen LogP contribution >= 0.6 is 11.3 Å². The third-order valence-corrected chi connectivity index (χ3v) is 4.69. The van der Waals surface area contributed by atoms with Gasteiger partial charge in [0.25, 0.3) is 0 Å². The lowest BCUT2D eigenvalue weighted by atomic mass is 10.1. The molecule has 1 amide bonds. The summed E-state index contributed by atoms with van der Waals surface area (Å²) in [5.41, 5.74) is 0.559. The summed E-state index contributed by atoms with van der Waals surface area (Å²) in [5, 5.41) is 12.3. The number of halogens is 1. The van der Waals surface area contributed by atoms with Crippen LogP contribution in [-0.4, -0.2) is 10.9 Å². The second-order valence-electron chi connectivity index (χ2n) is 5.26. The van der Waals surface area contributed by atoms with Gasteiger partial charge in [-0.05, 0) is 25.0 Å². The lowest BCUT2D eigenvalue weighted by molar-refractivity contribution is -0.119. The van der Waals surface area contributed by atoms with E-state index >= 15 is 0 Å². The zero-order valence-corrected chi connectivity index (χ0v) is 12.6. The molecule has 1 aromatic carbocycles. The lowest BCUT2D eigenvalue weighted by Crippen LogP contribution is -2.20. The molecule has 0 radical (unpaired) electrons. The molecular weight excluding hydrogens is 301 g/mol. The van der Waals surface area contributed by atoms with E-state index in [1.807, 2.05) is 6.07 Å². The van der Waals surface area contributed by atoms with Gasteiger partial charge in [0.2, 0.25) is 5.91 Å². The van der Waals surface area contributed by atoms with Crippen LogP contribution in [0.4, 0.5) is 9.52 Å². The third-order valence-electron chi connectivity index (χ3n) is 3.81. The van der Waals surface area contributed by atoms with Crippen LogP contribution in [0.5, 0.6) is 0 Å². The Bertz CT molecular complexity index is 744. The predicted octanol–water partition coefficient (Wildman–Crippen LogP) is 3.95. The molecule has 0 spiro atoms. The Balaban J connectivity index is 1.87. The predicted molar refractivity (Wildman–Crippen MR) is 82.8 cm³/mol. The topological polar surface area (TPSA) is 65.8 Å². The number of nitrogens with one attached hydrogen (secondary N) is 1. The molecule has 0 atom stereocenters. The average Bonchev–Trinajstić information content (AvgIpc) is 3.16. The number of anilines is 1. The van der Waals surface area contributed by atoms with Crippen molar-refractivity contribution in [2.75, 3.05) is 5.32 Å². The first kappa shape index (κ1) is 14.7. The van der Waals surface area contributed by atoms with E-state index in [0.29, 0.717) is 10.0 Å². The van der Waals surface area contributed by atoms with Crippen LogP contribution in [0.25, 0.3) is 11.3 Å². The smallest absolute Gasteiger partial charge is 0.229 e. The molecule has 22 heavy (non-hydrogen) atoms. The van der Waals surface area contributed by atoms with Crippen molar-refractivity contribution in [1.29, 1.82) is 5.26 Å². The van der Waals surface area contributed by atoms with Gasteiger partial charge in [-0.3, -0.25) is 4.79 Å². The van der Waals surface area contributed by atoms with Gasteiger partial charge in [0, 0.05) is 11.5 Å². The highest BCUT2D eigenvalue weighted by Gasteiger charge is 2.24. The van der Waals surface area contributed by atoms with Gasteiger partial charge in [-0.1, -0.05) is 36.3 Å². The molecule has 112 valence electrons. The fraction of sp³-hybridized carbons (Fsp3) is 0.312. The fourth-order valence-corrected chi connectivity index (χ4v) is 3.46. The standard InChI is InChI=1S/C16H14FN3OS/c17-12-8-4-3-7-11(12)14-13(9-18)22-16(19-14)20-15(21)10-5-1-2-6-10/h3-4,7-8,10H,1-2,5-6H2,(H,19,20,21). The molecule has 1 aliphatic carbocycles. The Morgan fingerprint density at radius 1 is 1.36 bits per heavy atom. The molecule has 0 unspecified atom stereocenters. The van der Waals surface area contributed by atoms with Gasteiger partial charge < -0.3 is 5.32 Å². The van der Waals surface area contributed by atoms with Crippen molar-refractivity contribution in [3.63, 3.8) is 0 Å². The maximum absolute atomic E-state index is 13.9. The molecule has 1 N–H and O–H groups in total. The Kier molecular flexibility index (Phi) is 4.16. The molecule has 1 aromatic heterocycles. The zero-order valence-electron chi connectivity index (χ0n) is 11.8. The summed E-state index contributed by atoms with van der Waals surface area (Å²) in [4.78, 5) is 16.7. The number of thiazole rings is 1. The highest BCUT2D eigenvalue weighted by molar-refractivity contribution is 7.16. The third kappa shape index (κ3) is 2.85. The van der Waals surface area contributed by atoms with Crippen molar-refractivity contribution in [1.82, 2.24) is 4.98 Å². The Morgan fingerprint density at radius 3 is 2.77 bits per heavy atom. The van der Waals surface area contributed by atoms with Gasteiger partial charge in [-0.2, -0.15) is 5.26 Å². The first-order valence-corrected chi connectivity index (χ1v) is 7.97. The van der Waals surface area contributed by atoms with Crippen LogP contribution < -0.4 is 5.32 Å². The molecule has 2 aromatic rings. The molecule has 6 heteroatoms. The summed E-state index contributed by atoms with van der Waals surface area (Å²) in [5.74, 6) is -0.472. The van der Waals surface area contributed by atoms with Crippen LogP contribution in [0.1, 0.15) is 30.6 Å². The van der Waals surface area contributed by atoms with E-state index in [9.17, 15) is 14.4 Å². The second kappa shape index (κ2) is 6.24. The van der Waals surface area contributed by atoms with Crippen LogP contribution in [0.2, 0.25) is 0 Å². The first-order valence-electron chi connectivity index (χ1n) is 7.15. The van der Waals surface area contributed by atoms with E-state index in [-0.39, 0.29) is 23.1 Å². The monoisotopic (exact) mass is 315 g/mol. The van der Waals surface area contributed by atoms with E-state index in [0.717, 1.165) is 37.0 Å². The van der Waals surface area contributed by atoms with Crippen molar-refractivity contribution >= 4 is 22.4 Å². The number of amides is 1. The number of carbonyl (C=O) groups excluding carboxylic acids is 1. The minimum atomic E-state index is -0.432. The fourth-order valence-electron chi connectivity index (χ4n) is 2.68. The maximum Gasteiger partial charge on any atom is 0.229 e. The second-order valence-corrected chi connectivity index (χ2v) is 6.26. The molecule has 0 aliphatic heterocycles. The van der Waals surface area contributed by atoms with Crippen LogP contribution in [0.15, 0.2) is 24.3 Å². The molecule has 1 aliphatic rings. The Morgan fingerprint density at radius 2 is 2.09 bits per heavy atom. The number of carbonyl (C=O) groups is 1. The molecule has 1 heterocycles. The van der Waals surface area contributed by atoms with Gasteiger partial charge in [0.15, 0.2) is 5.13 Å². The number of hydrogen-bond acceptors (Lipinski definition) is 4. The van der Waals surface area contributed by atoms with E-state index in [4.69, 9.17) is 0 Å². The molecule has 0 bridgehead atoms. The summed E-state index contributed by atoms with van der Waals surface area (Å²) in [6.07, 6.45) is 3.92. The SMILES string of the molecule is N#Cc1sc(NC(=O)C2CCCC2)nc1-c1ccccc1F. The normalized spacial score (nSPS) is 14.7. The molecule has 1 fully saturated rings. The van der Waals surface area contributed by atoms with Crippen LogP contribution in [-0.2, 0) is 4.79 Å². The minimum absolute atomic E-state index is 0.0198. The van der Waals surface area contributed by atoms with Crippen molar-refractivity contribution in [2.24, 2.45) is 5.92 Å². The zero-order chi connectivity index (χ0) is 15.5. The summed E-state index contributed by atoms with van der Waals surface area (Å²) < 4.78 is 13.9. The van der Waals surface area contributed by atoms with Crippen molar-refractivity contribution < 1.29 is 9.18 Å². The summed E-state index contributed by atoms with van der Waals surface area (Å²) in [6, 6.07) is 8.20. The minimum Gasteiger partial charge on any atom is -0.302 e. The van der Waals surface area contributed by atoms with Crippen molar-refractivity contribution in [3.05, 3.63) is 35.0 Å². The van der Waals surface area contributed by atoms with Gasteiger partial charge in [0.1, 0.15) is 22.5 Å². The molecular formula is C16H14FN3OS. The first-order chi connectivity index (χ1) is 10.7. The molecule has 4 nitrogen and oxygen atoms in total. The highest BCUT2D eigenvalue weighted by atomic mass is 32.1. The molecule has 1 saturated carbocycles. The van der Waals surface area contributed by atoms with Crippen molar-refractivity contribution in [2.45, 2.75) is 25.7 Å². The van der Waals surface area contributed by atoms with Crippen molar-refractivity contribution in [3.8, 4) is 17.3 Å². The van der Waals surface area contributed by atoms with Crippen LogP contribution in [0, 0.1) is 23.1 Å². The number of nitrogens with zero attached hydrogens (tertiary/aromatic N) is 2. The lowest BCUT2D eigenvalue weighted by Gasteiger charge is -2.07. The Hall–Kier alpha value is -2.26. The van der Waals surface area contributed by atoms with Gasteiger partial charge >= 0.3 is 0 Å². The van der Waals surface area contributed by atoms with Crippen LogP contribution in [0.3, 0.4) is 0 Å². The number of rotatable bonds is 3. The summed E-state index contributed by atoms with van der Waals surface area (Å²) in [6.45, 7) is 0. The van der Waals surface area contributed by atoms with Gasteiger partial charge in [-0.25, -0.2) is 9.37 Å². The number of aromatic nitrogens is 1. The average molecular weight is 315 g/mol. The molecule has 3 rings (SSSR count). The largest absolute Gasteiger partial charge is 0.302 e. The summed E-state index contributed by atoms with van der Waals surface area (Å²) in [7, 11) is 0. The van der Waals surface area contributed by atoms with E-state index in [2.05, 4.69) is 10.3 Å².